The Hall–Kier alpha value is -0.680. The predicted octanol–water partition coefficient (Wildman–Crippen LogP) is 1.44. The van der Waals surface area contributed by atoms with E-state index in [1.807, 2.05) is 6.07 Å². The number of rotatable bonds is 2. The van der Waals surface area contributed by atoms with Crippen LogP contribution in [-0.2, 0) is 4.74 Å². The summed E-state index contributed by atoms with van der Waals surface area (Å²) in [6.07, 6.45) is 2.57. The monoisotopic (exact) mass is 243 g/mol. The number of nitrogens with zero attached hydrogens (tertiary/aromatic N) is 2. The van der Waals surface area contributed by atoms with Gasteiger partial charge in [0.15, 0.2) is 0 Å². The van der Waals surface area contributed by atoms with E-state index in [0.29, 0.717) is 6.04 Å². The van der Waals surface area contributed by atoms with Gasteiger partial charge in [0.1, 0.15) is 16.7 Å². The quantitative estimate of drug-likeness (QED) is 0.799. The van der Waals surface area contributed by atoms with Crippen molar-refractivity contribution < 1.29 is 4.74 Å². The molecular weight excluding hydrogens is 234 g/mol. The Morgan fingerprint density at radius 1 is 1.54 bits per heavy atom. The number of aromatic nitrogens is 2. The van der Waals surface area contributed by atoms with Crippen molar-refractivity contribution in [3.63, 3.8) is 0 Å². The number of anilines is 1. The molecular formula is C8H10BrN3O. The van der Waals surface area contributed by atoms with Gasteiger partial charge < -0.3 is 10.1 Å². The second-order valence-electron chi connectivity index (χ2n) is 2.93. The van der Waals surface area contributed by atoms with E-state index < -0.39 is 0 Å². The molecule has 2 heterocycles. The Bertz CT molecular complexity index is 288. The SMILES string of the molecule is Brc1cc(NC2CCOC2)ncn1. The van der Waals surface area contributed by atoms with Crippen LogP contribution in [0.1, 0.15) is 6.42 Å². The van der Waals surface area contributed by atoms with E-state index in [-0.39, 0.29) is 0 Å². The van der Waals surface area contributed by atoms with Crippen LogP contribution in [-0.4, -0.2) is 29.2 Å². The molecule has 5 heteroatoms. The van der Waals surface area contributed by atoms with E-state index in [2.05, 4.69) is 31.2 Å². The first-order valence-electron chi connectivity index (χ1n) is 4.16. The average molecular weight is 244 g/mol. The van der Waals surface area contributed by atoms with Crippen LogP contribution >= 0.6 is 15.9 Å². The second-order valence-corrected chi connectivity index (χ2v) is 3.74. The first-order chi connectivity index (χ1) is 6.34. The van der Waals surface area contributed by atoms with Crippen molar-refractivity contribution in [3.05, 3.63) is 17.0 Å². The fraction of sp³-hybridized carbons (Fsp3) is 0.500. The maximum atomic E-state index is 5.24. The number of hydrogen-bond donors (Lipinski definition) is 1. The van der Waals surface area contributed by atoms with Gasteiger partial charge in [0.25, 0.3) is 0 Å². The van der Waals surface area contributed by atoms with Crippen molar-refractivity contribution in [3.8, 4) is 0 Å². The summed E-state index contributed by atoms with van der Waals surface area (Å²) in [5.74, 6) is 0.845. The van der Waals surface area contributed by atoms with Crippen molar-refractivity contribution in [1.29, 1.82) is 0 Å². The van der Waals surface area contributed by atoms with Crippen LogP contribution in [0.4, 0.5) is 5.82 Å². The zero-order valence-corrected chi connectivity index (χ0v) is 8.62. The van der Waals surface area contributed by atoms with Crippen LogP contribution in [0.25, 0.3) is 0 Å². The van der Waals surface area contributed by atoms with E-state index >= 15 is 0 Å². The van der Waals surface area contributed by atoms with Crippen molar-refractivity contribution in [2.24, 2.45) is 0 Å². The standard InChI is InChI=1S/C8H10BrN3O/c9-7-3-8(11-5-10-7)12-6-1-2-13-4-6/h3,5-6H,1-2,4H2,(H,10,11,12). The summed E-state index contributed by atoms with van der Waals surface area (Å²) in [6.45, 7) is 1.60. The van der Waals surface area contributed by atoms with Crippen LogP contribution in [0.2, 0.25) is 0 Å². The Morgan fingerprint density at radius 3 is 3.15 bits per heavy atom. The summed E-state index contributed by atoms with van der Waals surface area (Å²) < 4.78 is 6.04. The smallest absolute Gasteiger partial charge is 0.130 e. The van der Waals surface area contributed by atoms with E-state index in [9.17, 15) is 0 Å². The molecule has 1 aromatic heterocycles. The third-order valence-corrected chi connectivity index (χ3v) is 2.35. The van der Waals surface area contributed by atoms with Gasteiger partial charge in [0, 0.05) is 12.7 Å². The summed E-state index contributed by atoms with van der Waals surface area (Å²) in [5.41, 5.74) is 0. The van der Waals surface area contributed by atoms with Crippen LogP contribution in [0.5, 0.6) is 0 Å². The lowest BCUT2D eigenvalue weighted by Crippen LogP contribution is -2.19. The molecule has 70 valence electrons. The first kappa shape index (κ1) is 8.90. The van der Waals surface area contributed by atoms with E-state index in [4.69, 9.17) is 4.74 Å². The fourth-order valence-electron chi connectivity index (χ4n) is 1.27. The first-order valence-corrected chi connectivity index (χ1v) is 4.96. The molecule has 0 bridgehead atoms. The predicted molar refractivity (Wildman–Crippen MR) is 52.6 cm³/mol. The molecule has 0 spiro atoms. The van der Waals surface area contributed by atoms with Crippen LogP contribution < -0.4 is 5.32 Å². The highest BCUT2D eigenvalue weighted by Crippen LogP contribution is 2.13. The lowest BCUT2D eigenvalue weighted by molar-refractivity contribution is 0.195. The van der Waals surface area contributed by atoms with Crippen LogP contribution in [0.3, 0.4) is 0 Å². The molecule has 0 radical (unpaired) electrons. The molecule has 0 aliphatic carbocycles. The molecule has 1 aliphatic rings. The van der Waals surface area contributed by atoms with Gasteiger partial charge in [0.05, 0.1) is 12.6 Å². The molecule has 0 aromatic carbocycles. The summed E-state index contributed by atoms with van der Waals surface area (Å²) in [7, 11) is 0. The molecule has 0 amide bonds. The van der Waals surface area contributed by atoms with Gasteiger partial charge in [-0.3, -0.25) is 0 Å². The van der Waals surface area contributed by atoms with Gasteiger partial charge >= 0.3 is 0 Å². The zero-order valence-electron chi connectivity index (χ0n) is 7.03. The summed E-state index contributed by atoms with van der Waals surface area (Å²) in [6, 6.07) is 2.25. The summed E-state index contributed by atoms with van der Waals surface area (Å²) in [4.78, 5) is 8.04. The normalized spacial score (nSPS) is 21.8. The zero-order chi connectivity index (χ0) is 9.10. The number of ether oxygens (including phenoxy) is 1. The molecule has 13 heavy (non-hydrogen) atoms. The van der Waals surface area contributed by atoms with Gasteiger partial charge in [-0.1, -0.05) is 0 Å². The maximum Gasteiger partial charge on any atom is 0.130 e. The molecule has 1 saturated heterocycles. The highest BCUT2D eigenvalue weighted by molar-refractivity contribution is 9.10. The minimum Gasteiger partial charge on any atom is -0.379 e. The average Bonchev–Trinajstić information content (AvgIpc) is 2.57. The van der Waals surface area contributed by atoms with Crippen molar-refractivity contribution >= 4 is 21.7 Å². The van der Waals surface area contributed by atoms with Gasteiger partial charge in [-0.25, -0.2) is 9.97 Å². The lowest BCUT2D eigenvalue weighted by Gasteiger charge is -2.10. The Morgan fingerprint density at radius 2 is 2.46 bits per heavy atom. The number of nitrogens with one attached hydrogen (secondary N) is 1. The van der Waals surface area contributed by atoms with E-state index in [1.165, 1.54) is 6.33 Å². The Labute approximate surface area is 84.9 Å². The molecule has 2 rings (SSSR count). The summed E-state index contributed by atoms with van der Waals surface area (Å²) in [5, 5.41) is 3.28. The highest BCUT2D eigenvalue weighted by atomic mass is 79.9. The molecule has 1 aliphatic heterocycles. The van der Waals surface area contributed by atoms with Gasteiger partial charge in [-0.05, 0) is 22.4 Å². The minimum atomic E-state index is 0.391. The molecule has 1 aromatic rings. The van der Waals surface area contributed by atoms with Gasteiger partial charge in [-0.15, -0.1) is 0 Å². The van der Waals surface area contributed by atoms with E-state index in [1.54, 1.807) is 0 Å². The largest absolute Gasteiger partial charge is 0.379 e. The van der Waals surface area contributed by atoms with Gasteiger partial charge in [0.2, 0.25) is 0 Å². The molecule has 4 nitrogen and oxygen atoms in total. The molecule has 1 atom stereocenters. The topological polar surface area (TPSA) is 47.0 Å². The summed E-state index contributed by atoms with van der Waals surface area (Å²) >= 11 is 3.29. The van der Waals surface area contributed by atoms with E-state index in [0.717, 1.165) is 30.1 Å². The molecule has 1 N–H and O–H groups in total. The van der Waals surface area contributed by atoms with Gasteiger partial charge in [-0.2, -0.15) is 0 Å². The van der Waals surface area contributed by atoms with Crippen molar-refractivity contribution in [1.82, 2.24) is 9.97 Å². The highest BCUT2D eigenvalue weighted by Gasteiger charge is 2.15. The number of halogens is 1. The Kier molecular flexibility index (Phi) is 2.75. The third kappa shape index (κ3) is 2.38. The molecule has 0 saturated carbocycles. The van der Waals surface area contributed by atoms with Crippen LogP contribution in [0, 0.1) is 0 Å². The molecule has 1 unspecified atom stereocenters. The third-order valence-electron chi connectivity index (χ3n) is 1.92. The van der Waals surface area contributed by atoms with Crippen molar-refractivity contribution in [2.45, 2.75) is 12.5 Å². The maximum absolute atomic E-state index is 5.24. The van der Waals surface area contributed by atoms with Crippen LogP contribution in [0.15, 0.2) is 17.0 Å². The number of hydrogen-bond acceptors (Lipinski definition) is 4. The minimum absolute atomic E-state index is 0.391. The fourth-order valence-corrected chi connectivity index (χ4v) is 1.58. The van der Waals surface area contributed by atoms with Crippen molar-refractivity contribution in [2.75, 3.05) is 18.5 Å². The lowest BCUT2D eigenvalue weighted by atomic mass is 10.2. The second kappa shape index (κ2) is 4.02. The molecule has 1 fully saturated rings. The Balaban J connectivity index is 2.00.